The van der Waals surface area contributed by atoms with E-state index in [-0.39, 0.29) is 30.5 Å². The molecule has 0 saturated carbocycles. The lowest BCUT2D eigenvalue weighted by Crippen LogP contribution is -2.09. The van der Waals surface area contributed by atoms with Crippen LogP contribution in [0.25, 0.3) is 0 Å². The number of aromatic nitrogens is 3. The van der Waals surface area contributed by atoms with E-state index in [1.165, 1.54) is 4.68 Å². The molecule has 158 valence electrons. The highest BCUT2D eigenvalue weighted by atomic mass is 19.4. The lowest BCUT2D eigenvalue weighted by atomic mass is 10.2. The molecule has 0 aliphatic heterocycles. The van der Waals surface area contributed by atoms with Crippen LogP contribution in [0.4, 0.5) is 13.2 Å². The van der Waals surface area contributed by atoms with Crippen LogP contribution >= 0.6 is 0 Å². The van der Waals surface area contributed by atoms with Crippen molar-refractivity contribution < 1.29 is 32.2 Å². The van der Waals surface area contributed by atoms with Crippen LogP contribution in [0.1, 0.15) is 28.5 Å². The second kappa shape index (κ2) is 8.85. The number of ether oxygens (including phenoxy) is 3. The van der Waals surface area contributed by atoms with Gasteiger partial charge in [0.2, 0.25) is 5.69 Å². The average molecular weight is 421 g/mol. The maximum absolute atomic E-state index is 12.8. The van der Waals surface area contributed by atoms with Crippen LogP contribution in [0.5, 0.6) is 17.4 Å². The molecule has 1 aromatic heterocycles. The topological polar surface area (TPSA) is 75.5 Å². The normalized spacial score (nSPS) is 11.2. The van der Waals surface area contributed by atoms with Gasteiger partial charge < -0.3 is 14.2 Å². The first-order valence-electron chi connectivity index (χ1n) is 8.90. The minimum atomic E-state index is -4.47. The molecule has 3 rings (SSSR count). The van der Waals surface area contributed by atoms with E-state index in [2.05, 4.69) is 10.3 Å². The summed E-state index contributed by atoms with van der Waals surface area (Å²) in [5.41, 5.74) is -0.177. The predicted molar refractivity (Wildman–Crippen MR) is 99.6 cm³/mol. The van der Waals surface area contributed by atoms with E-state index in [9.17, 15) is 18.0 Å². The molecule has 10 heteroatoms. The fraction of sp³-hybridized carbons (Fsp3) is 0.250. The molecule has 0 unspecified atom stereocenters. The highest BCUT2D eigenvalue weighted by Gasteiger charge is 2.30. The zero-order valence-electron chi connectivity index (χ0n) is 16.1. The molecule has 0 aliphatic carbocycles. The summed E-state index contributed by atoms with van der Waals surface area (Å²) in [7, 11) is 1.55. The molecule has 1 heterocycles. The summed E-state index contributed by atoms with van der Waals surface area (Å²) < 4.78 is 55.4. The number of hydrogen-bond acceptors (Lipinski definition) is 6. The predicted octanol–water partition coefficient (Wildman–Crippen LogP) is 4.32. The zero-order valence-corrected chi connectivity index (χ0v) is 16.1. The molecule has 0 spiro atoms. The third-order valence-electron chi connectivity index (χ3n) is 4.05. The third kappa shape index (κ3) is 4.88. The zero-order chi connectivity index (χ0) is 21.7. The molecule has 0 N–H and O–H groups in total. The minimum absolute atomic E-state index is 0.0379. The number of hydrogen-bond donors (Lipinski definition) is 0. The van der Waals surface area contributed by atoms with Gasteiger partial charge in [0.15, 0.2) is 0 Å². The summed E-state index contributed by atoms with van der Waals surface area (Å²) in [5.74, 6) is -0.0259. The van der Waals surface area contributed by atoms with Gasteiger partial charge in [-0.05, 0) is 48.9 Å². The molecule has 0 saturated heterocycles. The Bertz CT molecular complexity index is 1000. The molecule has 0 fully saturated rings. The molecule has 2 aromatic carbocycles. The second-order valence-corrected chi connectivity index (χ2v) is 6.09. The van der Waals surface area contributed by atoms with Crippen LogP contribution in [0.2, 0.25) is 0 Å². The fourth-order valence-corrected chi connectivity index (χ4v) is 2.56. The van der Waals surface area contributed by atoms with Crippen molar-refractivity contribution in [1.29, 1.82) is 0 Å². The van der Waals surface area contributed by atoms with Crippen LogP contribution in [0, 0.1) is 0 Å². The van der Waals surface area contributed by atoms with Crippen LogP contribution in [-0.4, -0.2) is 34.7 Å². The van der Waals surface area contributed by atoms with Gasteiger partial charge in [0.1, 0.15) is 11.5 Å². The van der Waals surface area contributed by atoms with Gasteiger partial charge >= 0.3 is 12.1 Å². The number of carbonyl (C=O) groups is 1. The lowest BCUT2D eigenvalue weighted by molar-refractivity contribution is -0.137. The summed E-state index contributed by atoms with van der Waals surface area (Å²) in [6.07, 6.45) is -4.47. The summed E-state index contributed by atoms with van der Waals surface area (Å²) in [5, 5.41) is 7.77. The van der Waals surface area contributed by atoms with Crippen molar-refractivity contribution in [2.24, 2.45) is 0 Å². The molecule has 0 aliphatic rings. The first-order chi connectivity index (χ1) is 14.3. The van der Waals surface area contributed by atoms with Crippen molar-refractivity contribution in [3.63, 3.8) is 0 Å². The van der Waals surface area contributed by atoms with Crippen LogP contribution in [0.15, 0.2) is 48.5 Å². The van der Waals surface area contributed by atoms with Gasteiger partial charge in [0.25, 0.3) is 5.88 Å². The van der Waals surface area contributed by atoms with E-state index in [0.29, 0.717) is 5.75 Å². The molecule has 3 aromatic rings. The number of esters is 1. The quantitative estimate of drug-likeness (QED) is 0.529. The Morgan fingerprint density at radius 3 is 2.23 bits per heavy atom. The van der Waals surface area contributed by atoms with Crippen LogP contribution < -0.4 is 9.47 Å². The number of rotatable bonds is 7. The number of nitrogens with zero attached hydrogens (tertiary/aromatic N) is 3. The van der Waals surface area contributed by atoms with E-state index < -0.39 is 17.7 Å². The Balaban J connectivity index is 1.91. The minimum Gasteiger partial charge on any atom is -0.497 e. The Hall–Kier alpha value is -3.56. The summed E-state index contributed by atoms with van der Waals surface area (Å²) >= 11 is 0. The highest BCUT2D eigenvalue weighted by molar-refractivity contribution is 5.89. The molecule has 7 nitrogen and oxygen atoms in total. The fourth-order valence-electron chi connectivity index (χ4n) is 2.56. The Morgan fingerprint density at radius 2 is 1.67 bits per heavy atom. The first kappa shape index (κ1) is 21.2. The number of alkyl halides is 3. The van der Waals surface area contributed by atoms with E-state index in [1.807, 2.05) is 0 Å². The van der Waals surface area contributed by atoms with Gasteiger partial charge in [-0.25, -0.2) is 9.48 Å². The maximum Gasteiger partial charge on any atom is 0.416 e. The van der Waals surface area contributed by atoms with E-state index in [1.54, 1.807) is 38.3 Å². The highest BCUT2D eigenvalue weighted by Crippen LogP contribution is 2.32. The monoisotopic (exact) mass is 421 g/mol. The van der Waals surface area contributed by atoms with Gasteiger partial charge in [0, 0.05) is 0 Å². The standard InChI is InChI=1S/C20H18F3N3O4/c1-3-29-19(27)17-18(30-16-10-6-14(7-11-16)20(21,22)23)26(25-24-17)12-13-4-8-15(28-2)9-5-13/h4-11H,3,12H2,1-2H3. The number of halogens is 3. The SMILES string of the molecule is CCOC(=O)c1nnn(Cc2ccc(OC)cc2)c1Oc1ccc(C(F)(F)F)cc1. The van der Waals surface area contributed by atoms with Gasteiger partial charge in [-0.2, -0.15) is 13.2 Å². The third-order valence-corrected chi connectivity index (χ3v) is 4.05. The Morgan fingerprint density at radius 1 is 1.03 bits per heavy atom. The summed E-state index contributed by atoms with van der Waals surface area (Å²) in [6.45, 7) is 1.95. The van der Waals surface area contributed by atoms with E-state index >= 15 is 0 Å². The van der Waals surface area contributed by atoms with Gasteiger partial charge in [0.05, 0.1) is 25.8 Å². The molecule has 30 heavy (non-hydrogen) atoms. The molecular weight excluding hydrogens is 403 g/mol. The maximum atomic E-state index is 12.8. The van der Waals surface area contributed by atoms with Gasteiger partial charge in [-0.1, -0.05) is 17.3 Å². The number of benzene rings is 2. The van der Waals surface area contributed by atoms with E-state index in [0.717, 1.165) is 29.8 Å². The second-order valence-electron chi connectivity index (χ2n) is 6.09. The average Bonchev–Trinajstić information content (AvgIpc) is 3.11. The van der Waals surface area contributed by atoms with Crippen molar-refractivity contribution in [3.8, 4) is 17.4 Å². The Labute approximate surface area is 170 Å². The lowest BCUT2D eigenvalue weighted by Gasteiger charge is -2.11. The summed E-state index contributed by atoms with van der Waals surface area (Å²) in [6, 6.07) is 11.2. The van der Waals surface area contributed by atoms with Crippen molar-refractivity contribution in [3.05, 3.63) is 65.4 Å². The van der Waals surface area contributed by atoms with Gasteiger partial charge in [-0.15, -0.1) is 5.10 Å². The number of carbonyl (C=O) groups excluding carboxylic acids is 1. The van der Waals surface area contributed by atoms with Crippen LogP contribution in [0.3, 0.4) is 0 Å². The first-order valence-corrected chi connectivity index (χ1v) is 8.90. The molecule has 0 atom stereocenters. The molecule has 0 amide bonds. The molecular formula is C20H18F3N3O4. The summed E-state index contributed by atoms with van der Waals surface area (Å²) in [4.78, 5) is 12.2. The van der Waals surface area contributed by atoms with Gasteiger partial charge in [-0.3, -0.25) is 0 Å². The molecule has 0 bridgehead atoms. The van der Waals surface area contributed by atoms with Crippen molar-refractivity contribution in [1.82, 2.24) is 15.0 Å². The van der Waals surface area contributed by atoms with Crippen molar-refractivity contribution in [2.45, 2.75) is 19.6 Å². The van der Waals surface area contributed by atoms with E-state index in [4.69, 9.17) is 14.2 Å². The number of methoxy groups -OCH3 is 1. The van der Waals surface area contributed by atoms with Crippen molar-refractivity contribution in [2.75, 3.05) is 13.7 Å². The smallest absolute Gasteiger partial charge is 0.416 e. The molecule has 0 radical (unpaired) electrons. The van der Waals surface area contributed by atoms with Crippen molar-refractivity contribution >= 4 is 5.97 Å². The largest absolute Gasteiger partial charge is 0.497 e. The Kier molecular flexibility index (Phi) is 6.24. The van der Waals surface area contributed by atoms with Crippen LogP contribution in [-0.2, 0) is 17.5 Å².